The first-order valence-corrected chi connectivity index (χ1v) is 4.85. The van der Waals surface area contributed by atoms with Gasteiger partial charge in [-0.1, -0.05) is 6.07 Å². The number of phenolic OH excluding ortho intramolecular Hbond substituents is 1. The minimum atomic E-state index is 0.430. The highest BCUT2D eigenvalue weighted by Gasteiger charge is 2.14. The van der Waals surface area contributed by atoms with Gasteiger partial charge in [0.25, 0.3) is 0 Å². The lowest BCUT2D eigenvalue weighted by molar-refractivity contribution is 0.468. The predicted molar refractivity (Wildman–Crippen MR) is 54.1 cm³/mol. The van der Waals surface area contributed by atoms with Crippen LogP contribution in [0.3, 0.4) is 0 Å². The Balaban J connectivity index is 2.39. The maximum absolute atomic E-state index is 9.63. The zero-order valence-electron chi connectivity index (χ0n) is 7.88. The van der Waals surface area contributed by atoms with Crippen molar-refractivity contribution in [2.45, 2.75) is 32.2 Å². The van der Waals surface area contributed by atoms with Crippen molar-refractivity contribution in [3.8, 4) is 5.75 Å². The molecule has 2 N–H and O–H groups in total. The number of fused-ring (bicyclic) bond motifs is 1. The Morgan fingerprint density at radius 2 is 2.31 bits per heavy atom. The first-order chi connectivity index (χ1) is 6.27. The molecule has 0 saturated carbocycles. The van der Waals surface area contributed by atoms with Gasteiger partial charge in [0.1, 0.15) is 5.75 Å². The lowest BCUT2D eigenvalue weighted by atomic mass is 10.1. The molecule has 1 aliphatic rings. The van der Waals surface area contributed by atoms with Gasteiger partial charge in [-0.15, -0.1) is 0 Å². The van der Waals surface area contributed by atoms with Crippen LogP contribution in [0.4, 0.5) is 5.69 Å². The minimum absolute atomic E-state index is 0.430. The van der Waals surface area contributed by atoms with Crippen LogP contribution in [-0.2, 0) is 6.42 Å². The fourth-order valence-corrected chi connectivity index (χ4v) is 1.90. The van der Waals surface area contributed by atoms with Crippen LogP contribution in [0.1, 0.15) is 25.3 Å². The van der Waals surface area contributed by atoms with Gasteiger partial charge in [-0.05, 0) is 38.3 Å². The Kier molecular flexibility index (Phi) is 2.13. The van der Waals surface area contributed by atoms with Crippen LogP contribution in [0.2, 0.25) is 0 Å². The summed E-state index contributed by atoms with van der Waals surface area (Å²) in [5.41, 5.74) is 2.18. The summed E-state index contributed by atoms with van der Waals surface area (Å²) in [5.74, 6) is 0.430. The maximum atomic E-state index is 9.63. The van der Waals surface area contributed by atoms with Crippen molar-refractivity contribution in [3.05, 3.63) is 23.8 Å². The Morgan fingerprint density at radius 3 is 3.15 bits per heavy atom. The molecule has 2 nitrogen and oxygen atoms in total. The summed E-state index contributed by atoms with van der Waals surface area (Å²) < 4.78 is 0. The van der Waals surface area contributed by atoms with Gasteiger partial charge in [0.15, 0.2) is 0 Å². The first-order valence-electron chi connectivity index (χ1n) is 4.85. The highest BCUT2D eigenvalue weighted by molar-refractivity contribution is 5.58. The summed E-state index contributed by atoms with van der Waals surface area (Å²) in [5, 5.41) is 13.0. The third-order valence-electron chi connectivity index (χ3n) is 2.62. The van der Waals surface area contributed by atoms with Crippen LogP contribution in [0.25, 0.3) is 0 Å². The molecule has 0 radical (unpaired) electrons. The summed E-state index contributed by atoms with van der Waals surface area (Å²) in [6.45, 7) is 2.18. The molecule has 0 spiro atoms. The van der Waals surface area contributed by atoms with Crippen molar-refractivity contribution in [2.24, 2.45) is 0 Å². The van der Waals surface area contributed by atoms with Crippen LogP contribution in [0.5, 0.6) is 5.75 Å². The van der Waals surface area contributed by atoms with Gasteiger partial charge in [0, 0.05) is 17.3 Å². The number of hydrogen-bond donors (Lipinski definition) is 2. The topological polar surface area (TPSA) is 32.3 Å². The molecular weight excluding hydrogens is 162 g/mol. The second-order valence-electron chi connectivity index (χ2n) is 3.74. The molecule has 1 aliphatic heterocycles. The smallest absolute Gasteiger partial charge is 0.120 e. The third-order valence-corrected chi connectivity index (χ3v) is 2.62. The second kappa shape index (κ2) is 3.29. The van der Waals surface area contributed by atoms with E-state index in [1.807, 2.05) is 12.1 Å². The molecule has 0 aromatic heterocycles. The van der Waals surface area contributed by atoms with E-state index < -0.39 is 0 Å². The minimum Gasteiger partial charge on any atom is -0.508 e. The van der Waals surface area contributed by atoms with Gasteiger partial charge >= 0.3 is 0 Å². The van der Waals surface area contributed by atoms with Crippen LogP contribution >= 0.6 is 0 Å². The largest absolute Gasteiger partial charge is 0.508 e. The number of nitrogens with one attached hydrogen (secondary N) is 1. The van der Waals surface area contributed by atoms with Gasteiger partial charge in [-0.3, -0.25) is 0 Å². The van der Waals surface area contributed by atoms with Crippen LogP contribution in [0, 0.1) is 0 Å². The Morgan fingerprint density at radius 1 is 1.46 bits per heavy atom. The van der Waals surface area contributed by atoms with Gasteiger partial charge in [-0.2, -0.15) is 0 Å². The van der Waals surface area contributed by atoms with Gasteiger partial charge < -0.3 is 10.4 Å². The molecule has 2 heteroatoms. The summed E-state index contributed by atoms with van der Waals surface area (Å²) in [6.07, 6.45) is 3.31. The van der Waals surface area contributed by atoms with E-state index in [0.29, 0.717) is 11.8 Å². The molecule has 2 rings (SSSR count). The van der Waals surface area contributed by atoms with Crippen molar-refractivity contribution in [2.75, 3.05) is 5.32 Å². The number of phenols is 1. The summed E-state index contributed by atoms with van der Waals surface area (Å²) >= 11 is 0. The average Bonchev–Trinajstić information content (AvgIpc) is 2.27. The molecule has 1 heterocycles. The van der Waals surface area contributed by atoms with Gasteiger partial charge in [-0.25, -0.2) is 0 Å². The standard InChI is InChI=1S/C11H15NO/c1-8-4-2-5-9-10(12-8)6-3-7-11(9)13/h3,6-8,12-13H,2,4-5H2,1H3. The molecule has 1 aromatic rings. The molecule has 0 aliphatic carbocycles. The van der Waals surface area contributed by atoms with Crippen molar-refractivity contribution in [1.82, 2.24) is 0 Å². The molecule has 70 valence electrons. The zero-order chi connectivity index (χ0) is 9.26. The fourth-order valence-electron chi connectivity index (χ4n) is 1.90. The monoisotopic (exact) mass is 177 g/mol. The van der Waals surface area contributed by atoms with E-state index in [2.05, 4.69) is 12.2 Å². The summed E-state index contributed by atoms with van der Waals surface area (Å²) in [6, 6.07) is 6.20. The number of aromatic hydroxyl groups is 1. The SMILES string of the molecule is CC1CCCc2c(O)cccc2N1. The van der Waals surface area contributed by atoms with E-state index in [9.17, 15) is 5.11 Å². The molecule has 0 saturated heterocycles. The number of benzene rings is 1. The predicted octanol–water partition coefficient (Wildman–Crippen LogP) is 2.53. The first kappa shape index (κ1) is 8.42. The lowest BCUT2D eigenvalue weighted by Crippen LogP contribution is -2.12. The van der Waals surface area contributed by atoms with E-state index in [4.69, 9.17) is 0 Å². The van der Waals surface area contributed by atoms with E-state index >= 15 is 0 Å². The van der Waals surface area contributed by atoms with Crippen molar-refractivity contribution >= 4 is 5.69 Å². The zero-order valence-corrected chi connectivity index (χ0v) is 7.88. The van der Waals surface area contributed by atoms with E-state index in [-0.39, 0.29) is 0 Å². The molecule has 1 atom stereocenters. The van der Waals surface area contributed by atoms with Crippen molar-refractivity contribution < 1.29 is 5.11 Å². The quantitative estimate of drug-likeness (QED) is 0.638. The van der Waals surface area contributed by atoms with E-state index in [1.54, 1.807) is 6.07 Å². The summed E-state index contributed by atoms with van der Waals surface area (Å²) in [4.78, 5) is 0. The molecule has 0 bridgehead atoms. The molecule has 0 amide bonds. The van der Waals surface area contributed by atoms with Crippen molar-refractivity contribution in [1.29, 1.82) is 0 Å². The fraction of sp³-hybridized carbons (Fsp3) is 0.455. The molecule has 0 fully saturated rings. The van der Waals surface area contributed by atoms with Crippen molar-refractivity contribution in [3.63, 3.8) is 0 Å². The van der Waals surface area contributed by atoms with E-state index in [0.717, 1.165) is 24.1 Å². The normalized spacial score (nSPS) is 21.5. The third kappa shape index (κ3) is 1.62. The highest BCUT2D eigenvalue weighted by Crippen LogP contribution is 2.30. The molecule has 1 unspecified atom stereocenters. The summed E-state index contributed by atoms with van der Waals surface area (Å²) in [7, 11) is 0. The lowest BCUT2D eigenvalue weighted by Gasteiger charge is -2.13. The maximum Gasteiger partial charge on any atom is 0.120 e. The number of anilines is 1. The van der Waals surface area contributed by atoms with Crippen LogP contribution < -0.4 is 5.32 Å². The number of hydrogen-bond acceptors (Lipinski definition) is 2. The van der Waals surface area contributed by atoms with Gasteiger partial charge in [0.05, 0.1) is 0 Å². The Labute approximate surface area is 78.6 Å². The Hall–Kier alpha value is -1.18. The molecule has 1 aromatic carbocycles. The average molecular weight is 177 g/mol. The van der Waals surface area contributed by atoms with Crippen LogP contribution in [-0.4, -0.2) is 11.1 Å². The Bertz CT molecular complexity index is 309. The van der Waals surface area contributed by atoms with E-state index in [1.165, 1.54) is 6.42 Å². The number of rotatable bonds is 0. The highest BCUT2D eigenvalue weighted by atomic mass is 16.3. The molecule has 13 heavy (non-hydrogen) atoms. The van der Waals surface area contributed by atoms with Crippen LogP contribution in [0.15, 0.2) is 18.2 Å². The second-order valence-corrected chi connectivity index (χ2v) is 3.74. The molecular formula is C11H15NO. The van der Waals surface area contributed by atoms with Gasteiger partial charge in [0.2, 0.25) is 0 Å².